The van der Waals surface area contributed by atoms with E-state index in [1.54, 1.807) is 24.3 Å². The molecule has 1 fully saturated rings. The predicted molar refractivity (Wildman–Crippen MR) is 73.7 cm³/mol. The molecule has 1 aliphatic rings. The molecule has 114 valence electrons. The molecule has 21 heavy (non-hydrogen) atoms. The standard InChI is InChI=1S/C13H12BrF3N2O2/c14-9-3-1-2-4-10(9)19-6-8(5-11(19)20)12(21)18-7-13(15,16)17/h1-4,8H,5-7H2,(H,18,21). The summed E-state index contributed by atoms with van der Waals surface area (Å²) in [5, 5.41) is 1.82. The lowest BCUT2D eigenvalue weighted by Crippen LogP contribution is -2.38. The first-order valence-corrected chi connectivity index (χ1v) is 6.96. The summed E-state index contributed by atoms with van der Waals surface area (Å²) < 4.78 is 36.9. The molecule has 1 atom stereocenters. The Morgan fingerprint density at radius 1 is 1.38 bits per heavy atom. The fourth-order valence-electron chi connectivity index (χ4n) is 2.12. The van der Waals surface area contributed by atoms with E-state index in [2.05, 4.69) is 15.9 Å². The van der Waals surface area contributed by atoms with E-state index >= 15 is 0 Å². The minimum absolute atomic E-state index is 0.0745. The van der Waals surface area contributed by atoms with Crippen LogP contribution < -0.4 is 10.2 Å². The van der Waals surface area contributed by atoms with Crippen molar-refractivity contribution in [2.24, 2.45) is 5.92 Å². The van der Waals surface area contributed by atoms with Crippen molar-refractivity contribution in [3.05, 3.63) is 28.7 Å². The van der Waals surface area contributed by atoms with Crippen molar-refractivity contribution in [3.8, 4) is 0 Å². The average Bonchev–Trinajstić information content (AvgIpc) is 2.78. The van der Waals surface area contributed by atoms with Crippen LogP contribution in [-0.2, 0) is 9.59 Å². The largest absolute Gasteiger partial charge is 0.405 e. The summed E-state index contributed by atoms with van der Waals surface area (Å²) in [5.41, 5.74) is 0.605. The fourth-order valence-corrected chi connectivity index (χ4v) is 2.62. The maximum absolute atomic E-state index is 12.1. The lowest BCUT2D eigenvalue weighted by atomic mass is 10.1. The Morgan fingerprint density at radius 3 is 2.67 bits per heavy atom. The number of halogens is 4. The number of hydrogen-bond acceptors (Lipinski definition) is 2. The number of carbonyl (C=O) groups is 2. The highest BCUT2D eigenvalue weighted by Crippen LogP contribution is 2.31. The number of nitrogens with one attached hydrogen (secondary N) is 1. The Hall–Kier alpha value is -1.57. The highest BCUT2D eigenvalue weighted by molar-refractivity contribution is 9.10. The normalized spacial score (nSPS) is 19.0. The van der Waals surface area contributed by atoms with Crippen LogP contribution in [-0.4, -0.2) is 31.1 Å². The summed E-state index contributed by atoms with van der Waals surface area (Å²) in [5.74, 6) is -1.81. The van der Waals surface area contributed by atoms with Crippen molar-refractivity contribution in [3.63, 3.8) is 0 Å². The first kappa shape index (κ1) is 15.8. The SMILES string of the molecule is O=C(NCC(F)(F)F)C1CC(=O)N(c2ccccc2Br)C1. The van der Waals surface area contributed by atoms with Gasteiger partial charge in [0.05, 0.1) is 11.6 Å². The smallest absolute Gasteiger partial charge is 0.347 e. The van der Waals surface area contributed by atoms with Gasteiger partial charge in [0.2, 0.25) is 11.8 Å². The first-order valence-electron chi connectivity index (χ1n) is 6.17. The van der Waals surface area contributed by atoms with Crippen LogP contribution in [0.1, 0.15) is 6.42 Å². The number of hydrogen-bond donors (Lipinski definition) is 1. The van der Waals surface area contributed by atoms with Crippen molar-refractivity contribution < 1.29 is 22.8 Å². The van der Waals surface area contributed by atoms with Gasteiger partial charge in [-0.1, -0.05) is 12.1 Å². The molecule has 0 bridgehead atoms. The van der Waals surface area contributed by atoms with Crippen molar-refractivity contribution in [1.82, 2.24) is 5.32 Å². The Morgan fingerprint density at radius 2 is 2.05 bits per heavy atom. The van der Waals surface area contributed by atoms with Gasteiger partial charge in [0.25, 0.3) is 0 Å². The molecule has 1 aromatic rings. The summed E-state index contributed by atoms with van der Waals surface area (Å²) >= 11 is 3.30. The van der Waals surface area contributed by atoms with Gasteiger partial charge < -0.3 is 10.2 Å². The molecule has 1 unspecified atom stereocenters. The highest BCUT2D eigenvalue weighted by Gasteiger charge is 2.37. The van der Waals surface area contributed by atoms with Gasteiger partial charge in [-0.2, -0.15) is 13.2 Å². The van der Waals surface area contributed by atoms with E-state index in [0.29, 0.717) is 10.2 Å². The van der Waals surface area contributed by atoms with E-state index in [4.69, 9.17) is 0 Å². The molecule has 1 saturated heterocycles. The van der Waals surface area contributed by atoms with Gasteiger partial charge in [0.1, 0.15) is 6.54 Å². The third-order valence-electron chi connectivity index (χ3n) is 3.10. The number of carbonyl (C=O) groups excluding carboxylic acids is 2. The van der Waals surface area contributed by atoms with Gasteiger partial charge in [0, 0.05) is 17.4 Å². The molecular formula is C13H12BrF3N2O2. The van der Waals surface area contributed by atoms with Crippen LogP contribution in [0.2, 0.25) is 0 Å². The zero-order valence-corrected chi connectivity index (χ0v) is 12.4. The molecule has 2 amide bonds. The summed E-state index contributed by atoms with van der Waals surface area (Å²) in [6, 6.07) is 6.98. The quantitative estimate of drug-likeness (QED) is 0.895. The second-order valence-electron chi connectivity index (χ2n) is 4.69. The van der Waals surface area contributed by atoms with Crippen LogP contribution in [0.5, 0.6) is 0 Å². The minimum atomic E-state index is -4.46. The molecule has 1 aliphatic heterocycles. The summed E-state index contributed by atoms with van der Waals surface area (Å²) in [4.78, 5) is 25.0. The number of nitrogens with zero attached hydrogens (tertiary/aromatic N) is 1. The lowest BCUT2D eigenvalue weighted by molar-refractivity contribution is -0.140. The van der Waals surface area contributed by atoms with Crippen LogP contribution in [0, 0.1) is 5.92 Å². The molecule has 8 heteroatoms. The van der Waals surface area contributed by atoms with E-state index in [-0.39, 0.29) is 18.9 Å². The molecule has 1 aromatic carbocycles. The van der Waals surface area contributed by atoms with E-state index in [1.807, 2.05) is 5.32 Å². The van der Waals surface area contributed by atoms with Crippen LogP contribution in [0.3, 0.4) is 0 Å². The first-order chi connectivity index (χ1) is 9.78. The molecule has 0 saturated carbocycles. The maximum atomic E-state index is 12.1. The van der Waals surface area contributed by atoms with Crippen molar-refractivity contribution in [1.29, 1.82) is 0 Å². The Balaban J connectivity index is 2.03. The van der Waals surface area contributed by atoms with Crippen molar-refractivity contribution in [2.45, 2.75) is 12.6 Å². The number of amides is 2. The Labute approximate surface area is 127 Å². The number of benzene rings is 1. The predicted octanol–water partition coefficient (Wildman–Crippen LogP) is 2.48. The van der Waals surface area contributed by atoms with E-state index in [1.165, 1.54) is 4.90 Å². The zero-order chi connectivity index (χ0) is 15.6. The van der Waals surface area contributed by atoms with Gasteiger partial charge in [-0.15, -0.1) is 0 Å². The van der Waals surface area contributed by atoms with Crippen LogP contribution in [0.4, 0.5) is 18.9 Å². The molecule has 2 rings (SSSR count). The molecule has 0 radical (unpaired) electrons. The monoisotopic (exact) mass is 364 g/mol. The highest BCUT2D eigenvalue weighted by atomic mass is 79.9. The van der Waals surface area contributed by atoms with E-state index < -0.39 is 24.5 Å². The van der Waals surface area contributed by atoms with Gasteiger partial charge >= 0.3 is 6.18 Å². The number of alkyl halides is 3. The fraction of sp³-hybridized carbons (Fsp3) is 0.385. The Kier molecular flexibility index (Phi) is 4.55. The molecule has 1 N–H and O–H groups in total. The minimum Gasteiger partial charge on any atom is -0.347 e. The third kappa shape index (κ3) is 3.96. The van der Waals surface area contributed by atoms with Crippen molar-refractivity contribution in [2.75, 3.05) is 18.0 Å². The van der Waals surface area contributed by atoms with E-state index in [9.17, 15) is 22.8 Å². The summed E-state index contributed by atoms with van der Waals surface area (Å²) in [6.07, 6.45) is -4.55. The molecule has 0 aliphatic carbocycles. The number of anilines is 1. The maximum Gasteiger partial charge on any atom is 0.405 e. The van der Waals surface area contributed by atoms with Crippen LogP contribution in [0.25, 0.3) is 0 Å². The second kappa shape index (κ2) is 6.05. The zero-order valence-electron chi connectivity index (χ0n) is 10.8. The van der Waals surface area contributed by atoms with Gasteiger partial charge in [0.15, 0.2) is 0 Å². The van der Waals surface area contributed by atoms with Gasteiger partial charge in [-0.25, -0.2) is 0 Å². The van der Waals surface area contributed by atoms with Gasteiger partial charge in [-0.05, 0) is 28.1 Å². The summed E-state index contributed by atoms with van der Waals surface area (Å²) in [7, 11) is 0. The molecule has 0 spiro atoms. The third-order valence-corrected chi connectivity index (χ3v) is 3.77. The average molecular weight is 365 g/mol. The van der Waals surface area contributed by atoms with E-state index in [0.717, 1.165) is 0 Å². The molecule has 0 aromatic heterocycles. The summed E-state index contributed by atoms with van der Waals surface area (Å²) in [6.45, 7) is -1.31. The molecule has 1 heterocycles. The molecular weight excluding hydrogens is 353 g/mol. The van der Waals surface area contributed by atoms with Crippen LogP contribution >= 0.6 is 15.9 Å². The second-order valence-corrected chi connectivity index (χ2v) is 5.54. The van der Waals surface area contributed by atoms with Crippen molar-refractivity contribution >= 4 is 33.4 Å². The lowest BCUT2D eigenvalue weighted by Gasteiger charge is -2.18. The van der Waals surface area contributed by atoms with Gasteiger partial charge in [-0.3, -0.25) is 9.59 Å². The molecule has 4 nitrogen and oxygen atoms in total. The number of para-hydroxylation sites is 1. The number of rotatable bonds is 3. The Bertz CT molecular complexity index is 563. The topological polar surface area (TPSA) is 49.4 Å². The van der Waals surface area contributed by atoms with Crippen LogP contribution in [0.15, 0.2) is 28.7 Å².